The van der Waals surface area contributed by atoms with Crippen LogP contribution in [0.4, 0.5) is 11.4 Å². The van der Waals surface area contributed by atoms with Crippen LogP contribution in [0.15, 0.2) is 84.9 Å². The van der Waals surface area contributed by atoms with Crippen LogP contribution >= 0.6 is 0 Å². The van der Waals surface area contributed by atoms with Gasteiger partial charge in [-0.3, -0.25) is 0 Å². The van der Waals surface area contributed by atoms with Gasteiger partial charge in [-0.1, -0.05) is 87.2 Å². The first-order valence-electron chi connectivity index (χ1n) is 14.2. The van der Waals surface area contributed by atoms with Gasteiger partial charge in [0, 0.05) is 0 Å². The van der Waals surface area contributed by atoms with Crippen molar-refractivity contribution in [3.05, 3.63) is 121 Å². The molecule has 0 fully saturated rings. The number of ether oxygens (including phenoxy) is 1. The molecule has 0 spiro atoms. The second kappa shape index (κ2) is 16.4. The van der Waals surface area contributed by atoms with Crippen molar-refractivity contribution in [3.8, 4) is 5.75 Å². The third-order valence-corrected chi connectivity index (χ3v) is 10.7. The molecule has 0 aliphatic heterocycles. The Kier molecular flexibility index (Phi) is 14.7. The molecule has 5 heteroatoms. The van der Waals surface area contributed by atoms with E-state index in [1.807, 2.05) is 64.6 Å². The number of para-hydroxylation sites is 2. The van der Waals surface area contributed by atoms with Gasteiger partial charge < -0.3 is 14.5 Å². The number of aryl methyl sites for hydroxylation is 1. The fourth-order valence-electron chi connectivity index (χ4n) is 4.85. The molecule has 0 aliphatic carbocycles. The molecule has 234 valence electrons. The molecule has 42 heavy (non-hydrogen) atoms. The van der Waals surface area contributed by atoms with E-state index < -0.39 is 8.07 Å². The fraction of sp³-hybridized carbons (Fsp3) is 0.324. The molecule has 0 bridgehead atoms. The van der Waals surface area contributed by atoms with Crippen LogP contribution in [0.25, 0.3) is 0 Å². The summed E-state index contributed by atoms with van der Waals surface area (Å²) in [5.74, 6) is 1.09. The summed E-state index contributed by atoms with van der Waals surface area (Å²) in [6.07, 6.45) is 0. The Labute approximate surface area is 287 Å². The maximum atomic E-state index is 5.88. The van der Waals surface area contributed by atoms with Crippen molar-refractivity contribution < 1.29 is 41.6 Å². The van der Waals surface area contributed by atoms with Crippen molar-refractivity contribution >= 4 is 29.8 Å². The molecule has 0 atom stereocenters. The molecule has 0 amide bonds. The number of hydrogen-bond donors (Lipinski definition) is 0. The van der Waals surface area contributed by atoms with E-state index in [0.29, 0.717) is 0 Å². The van der Waals surface area contributed by atoms with Crippen molar-refractivity contribution in [2.45, 2.75) is 46.2 Å². The van der Waals surface area contributed by atoms with Crippen LogP contribution in [0, 0.1) is 57.6 Å². The SMILES string of the molecule is COc1c(C(C)(C)C)cc(C)cc1[Si](C)(C)[c-]1cccc1.[CH2-]c1ccccc1N(C)C.[CH2-]c1ccccc1N(C)C.[Lu+3]. The molecule has 4 rings (SSSR count). The minimum absolute atomic E-state index is 0. The van der Waals surface area contributed by atoms with Gasteiger partial charge in [-0.15, -0.1) is 12.1 Å². The van der Waals surface area contributed by atoms with E-state index in [4.69, 9.17) is 4.74 Å². The average molecular weight is 743 g/mol. The van der Waals surface area contributed by atoms with Crippen molar-refractivity contribution in [2.75, 3.05) is 45.1 Å². The van der Waals surface area contributed by atoms with E-state index in [1.165, 1.54) is 32.9 Å². The van der Waals surface area contributed by atoms with Crippen LogP contribution in [-0.2, 0) is 5.41 Å². The number of nitrogens with zero attached hydrogens (tertiary/aromatic N) is 2. The zero-order chi connectivity index (χ0) is 31.0. The minimum atomic E-state index is -1.74. The molecule has 0 radical (unpaired) electrons. The van der Waals surface area contributed by atoms with Crippen LogP contribution in [-0.4, -0.2) is 43.4 Å². The normalized spacial score (nSPS) is 10.7. The summed E-state index contributed by atoms with van der Waals surface area (Å²) in [5.41, 5.74) is 7.24. The summed E-state index contributed by atoms with van der Waals surface area (Å²) in [5, 5.41) is 2.87. The van der Waals surface area contributed by atoms with Crippen LogP contribution in [0.1, 0.15) is 43.0 Å². The van der Waals surface area contributed by atoms with Gasteiger partial charge in [0.15, 0.2) is 0 Å². The number of anilines is 2. The Morgan fingerprint density at radius 1 is 0.738 bits per heavy atom. The Hall–Kier alpha value is -2.40. The first-order chi connectivity index (χ1) is 19.1. The smallest absolute Gasteiger partial charge is 0.497 e. The Morgan fingerprint density at radius 3 is 1.50 bits per heavy atom. The van der Waals surface area contributed by atoms with Crippen LogP contribution in [0.2, 0.25) is 13.1 Å². The number of hydrogen-bond acceptors (Lipinski definition) is 3. The van der Waals surface area contributed by atoms with Gasteiger partial charge in [-0.2, -0.15) is 54.4 Å². The summed E-state index contributed by atoms with van der Waals surface area (Å²) in [6, 6.07) is 29.5. The third kappa shape index (κ3) is 10.1. The van der Waals surface area contributed by atoms with Gasteiger partial charge in [0.25, 0.3) is 0 Å². The molecule has 4 aromatic carbocycles. The minimum Gasteiger partial charge on any atom is -0.497 e. The first kappa shape index (κ1) is 37.6. The zero-order valence-corrected chi connectivity index (χ0v) is 30.2. The van der Waals surface area contributed by atoms with E-state index >= 15 is 0 Å². The topological polar surface area (TPSA) is 15.7 Å². The second-order valence-electron chi connectivity index (χ2n) is 12.5. The van der Waals surface area contributed by atoms with Crippen LogP contribution < -0.4 is 24.9 Å². The summed E-state index contributed by atoms with van der Waals surface area (Å²) in [4.78, 5) is 4.12. The molecule has 0 unspecified atom stereocenters. The number of rotatable bonds is 5. The summed E-state index contributed by atoms with van der Waals surface area (Å²) in [6.45, 7) is 21.6. The van der Waals surface area contributed by atoms with Crippen LogP contribution in [0.5, 0.6) is 5.75 Å². The molecular formula is C37H51LuN2OSi. The van der Waals surface area contributed by atoms with Crippen molar-refractivity contribution in [3.63, 3.8) is 0 Å². The standard InChI is InChI=1S/C19H27OSi.2C9H12N.Lu/c1-14-12-16(19(2,3)4)18(20-5)17(13-14)21(6,7)15-10-8-9-11-15;2*1-8-6-4-5-7-9(8)10(2)3;/h8-13H,1-7H3;2*4-7H,1H2,2-3H3;/q3*-1;+3. The molecule has 0 aromatic heterocycles. The molecule has 0 heterocycles. The van der Waals surface area contributed by atoms with Crippen LogP contribution in [0.3, 0.4) is 0 Å². The van der Waals surface area contributed by atoms with Crippen molar-refractivity contribution in [2.24, 2.45) is 0 Å². The monoisotopic (exact) mass is 742 g/mol. The summed E-state index contributed by atoms with van der Waals surface area (Å²) >= 11 is 0. The number of methoxy groups -OCH3 is 1. The maximum Gasteiger partial charge on any atom is 3.00 e. The quantitative estimate of drug-likeness (QED) is 0.154. The molecule has 0 aliphatic rings. The van der Waals surface area contributed by atoms with Gasteiger partial charge in [-0.25, -0.2) is 12.1 Å². The van der Waals surface area contributed by atoms with Gasteiger partial charge in [0.05, 0.1) is 15.2 Å². The van der Waals surface area contributed by atoms with Gasteiger partial charge in [-0.05, 0) is 51.3 Å². The summed E-state index contributed by atoms with van der Waals surface area (Å²) in [7, 11) is 8.14. The van der Waals surface area contributed by atoms with E-state index in [-0.39, 0.29) is 42.3 Å². The van der Waals surface area contributed by atoms with E-state index in [1.54, 1.807) is 7.11 Å². The van der Waals surface area contributed by atoms with Gasteiger partial charge in [0.1, 0.15) is 5.75 Å². The predicted molar refractivity (Wildman–Crippen MR) is 186 cm³/mol. The van der Waals surface area contributed by atoms with E-state index in [2.05, 4.69) is 113 Å². The molecule has 3 nitrogen and oxygen atoms in total. The van der Waals surface area contributed by atoms with E-state index in [0.717, 1.165) is 16.9 Å². The number of benzene rings is 3. The van der Waals surface area contributed by atoms with Gasteiger partial charge >= 0.3 is 36.9 Å². The average Bonchev–Trinajstić information content (AvgIpc) is 3.45. The van der Waals surface area contributed by atoms with Crippen molar-refractivity contribution in [1.29, 1.82) is 0 Å². The Balaban J connectivity index is 0.000000351. The first-order valence-corrected chi connectivity index (χ1v) is 17.2. The van der Waals surface area contributed by atoms with Crippen molar-refractivity contribution in [1.82, 2.24) is 0 Å². The molecule has 0 N–H and O–H groups in total. The maximum absolute atomic E-state index is 5.88. The second-order valence-corrected chi connectivity index (χ2v) is 16.9. The molecular weight excluding hydrogens is 691 g/mol. The molecule has 0 saturated heterocycles. The zero-order valence-electron chi connectivity index (χ0n) is 27.6. The van der Waals surface area contributed by atoms with Gasteiger partial charge in [0.2, 0.25) is 0 Å². The fourth-order valence-corrected chi connectivity index (χ4v) is 7.58. The molecule has 0 saturated carbocycles. The molecule has 4 aromatic rings. The largest absolute Gasteiger partial charge is 3.00 e. The van der Waals surface area contributed by atoms with E-state index in [9.17, 15) is 0 Å². The third-order valence-electron chi connectivity index (χ3n) is 7.25. The Morgan fingerprint density at radius 2 is 1.17 bits per heavy atom. The Bertz CT molecular complexity index is 1320. The predicted octanol–water partition coefficient (Wildman–Crippen LogP) is 7.71. The summed E-state index contributed by atoms with van der Waals surface area (Å²) < 4.78 is 5.88.